The Kier molecular flexibility index (Phi) is 3.91. The number of carbonyl (C=O) groups is 1. The van der Waals surface area contributed by atoms with E-state index in [2.05, 4.69) is 26.5 Å². The lowest BCUT2D eigenvalue weighted by atomic mass is 10.1. The summed E-state index contributed by atoms with van der Waals surface area (Å²) in [5.41, 5.74) is 1.73. The van der Waals surface area contributed by atoms with Crippen molar-refractivity contribution in [3.8, 4) is 0 Å². The van der Waals surface area contributed by atoms with Gasteiger partial charge in [0, 0.05) is 37.3 Å². The molecule has 1 saturated heterocycles. The maximum absolute atomic E-state index is 11.6. The molecule has 0 spiro atoms. The molecule has 6 nitrogen and oxygen atoms in total. The number of nitrogens with zero attached hydrogens (tertiary/aromatic N) is 3. The molecule has 3 aliphatic rings. The number of likely N-dealkylation sites (tertiary alicyclic amines) is 1. The van der Waals surface area contributed by atoms with Crippen molar-refractivity contribution in [2.75, 3.05) is 31.6 Å². The number of fused-ring (bicyclic) bond motifs is 1. The number of carbonyl (C=O) groups excluding carboxylic acids is 1. The molecule has 3 rings (SSSR count). The van der Waals surface area contributed by atoms with Crippen molar-refractivity contribution in [2.24, 2.45) is 15.9 Å². The van der Waals surface area contributed by atoms with Crippen molar-refractivity contribution < 1.29 is 9.90 Å². The summed E-state index contributed by atoms with van der Waals surface area (Å²) in [6.45, 7) is 2.26. The molecule has 3 heterocycles. The quantitative estimate of drug-likeness (QED) is 0.733. The summed E-state index contributed by atoms with van der Waals surface area (Å²) < 4.78 is 0. The predicted molar refractivity (Wildman–Crippen MR) is 80.3 cm³/mol. The zero-order chi connectivity index (χ0) is 14.1. The van der Waals surface area contributed by atoms with Crippen LogP contribution < -0.4 is 5.32 Å². The molecule has 3 unspecified atom stereocenters. The molecule has 108 valence electrons. The highest BCUT2D eigenvalue weighted by molar-refractivity contribution is 7.98. The van der Waals surface area contributed by atoms with Gasteiger partial charge in [0.05, 0.1) is 18.1 Å². The number of aliphatic hydroxyl groups is 1. The van der Waals surface area contributed by atoms with Crippen LogP contribution in [0, 0.1) is 5.92 Å². The number of aliphatic imine (C=N–C) groups is 2. The minimum Gasteiger partial charge on any atom is -0.391 e. The van der Waals surface area contributed by atoms with Crippen LogP contribution in [0.25, 0.3) is 0 Å². The largest absolute Gasteiger partial charge is 0.391 e. The molecule has 3 atom stereocenters. The highest BCUT2D eigenvalue weighted by atomic mass is 32.2. The van der Waals surface area contributed by atoms with Crippen molar-refractivity contribution in [2.45, 2.75) is 12.1 Å². The number of nitrogens with one attached hydrogen (secondary N) is 1. The summed E-state index contributed by atoms with van der Waals surface area (Å²) >= 11 is 1.76. The average molecular weight is 294 g/mol. The van der Waals surface area contributed by atoms with Gasteiger partial charge in [-0.2, -0.15) is 11.8 Å². The minimum atomic E-state index is -0.482. The molecule has 1 fully saturated rings. The van der Waals surface area contributed by atoms with Crippen LogP contribution >= 0.6 is 11.8 Å². The highest BCUT2D eigenvalue weighted by Crippen LogP contribution is 2.25. The number of thioether (sulfide) groups is 1. The number of amides is 1. The predicted octanol–water partition coefficient (Wildman–Crippen LogP) is -0.493. The van der Waals surface area contributed by atoms with Gasteiger partial charge in [-0.25, -0.2) is 4.99 Å². The van der Waals surface area contributed by atoms with Gasteiger partial charge in [0.2, 0.25) is 0 Å². The van der Waals surface area contributed by atoms with Crippen LogP contribution in [-0.2, 0) is 4.79 Å². The third kappa shape index (κ3) is 2.53. The van der Waals surface area contributed by atoms with E-state index in [4.69, 9.17) is 0 Å². The van der Waals surface area contributed by atoms with Crippen LogP contribution in [0.1, 0.15) is 0 Å². The first-order valence-electron chi connectivity index (χ1n) is 6.67. The van der Waals surface area contributed by atoms with Crippen LogP contribution in [-0.4, -0.2) is 72.3 Å². The van der Waals surface area contributed by atoms with Gasteiger partial charge in [-0.1, -0.05) is 0 Å². The van der Waals surface area contributed by atoms with Gasteiger partial charge in [0.15, 0.2) is 6.04 Å². The van der Waals surface area contributed by atoms with Crippen molar-refractivity contribution in [3.63, 3.8) is 0 Å². The lowest BCUT2D eigenvalue weighted by Crippen LogP contribution is -2.36. The third-order valence-electron chi connectivity index (χ3n) is 3.88. The Labute approximate surface area is 122 Å². The second-order valence-corrected chi connectivity index (χ2v) is 6.25. The van der Waals surface area contributed by atoms with E-state index in [1.165, 1.54) is 6.34 Å². The Morgan fingerprint density at radius 3 is 3.20 bits per heavy atom. The van der Waals surface area contributed by atoms with Crippen molar-refractivity contribution in [3.05, 3.63) is 11.3 Å². The van der Waals surface area contributed by atoms with E-state index in [0.29, 0.717) is 19.0 Å². The van der Waals surface area contributed by atoms with Gasteiger partial charge in [0.25, 0.3) is 5.91 Å². The molecule has 0 radical (unpaired) electrons. The monoisotopic (exact) mass is 294 g/mol. The van der Waals surface area contributed by atoms with Gasteiger partial charge >= 0.3 is 0 Å². The SMILES string of the molecule is CSCC1CN(CC2=C3N=CNC(=O)C3N=C2)CC1O. The summed E-state index contributed by atoms with van der Waals surface area (Å²) in [4.78, 5) is 22.3. The van der Waals surface area contributed by atoms with Crippen LogP contribution in [0.15, 0.2) is 21.3 Å². The second kappa shape index (κ2) is 5.67. The zero-order valence-electron chi connectivity index (χ0n) is 11.3. The molecule has 0 aromatic heterocycles. The zero-order valence-corrected chi connectivity index (χ0v) is 12.1. The molecule has 20 heavy (non-hydrogen) atoms. The van der Waals surface area contributed by atoms with Crippen molar-refractivity contribution >= 4 is 30.2 Å². The first-order valence-corrected chi connectivity index (χ1v) is 8.07. The molecule has 0 saturated carbocycles. The maximum Gasteiger partial charge on any atom is 0.256 e. The van der Waals surface area contributed by atoms with E-state index in [9.17, 15) is 9.90 Å². The lowest BCUT2D eigenvalue weighted by molar-refractivity contribution is -0.120. The fraction of sp³-hybridized carbons (Fsp3) is 0.615. The molecule has 0 bridgehead atoms. The second-order valence-electron chi connectivity index (χ2n) is 5.33. The molecular weight excluding hydrogens is 276 g/mol. The number of hydrogen-bond acceptors (Lipinski definition) is 6. The Bertz CT molecular complexity index is 503. The molecule has 1 amide bonds. The van der Waals surface area contributed by atoms with E-state index >= 15 is 0 Å². The normalized spacial score (nSPS) is 32.9. The van der Waals surface area contributed by atoms with Crippen LogP contribution in [0.2, 0.25) is 0 Å². The Morgan fingerprint density at radius 1 is 1.55 bits per heavy atom. The molecule has 0 aromatic carbocycles. The summed E-state index contributed by atoms with van der Waals surface area (Å²) in [6, 6.07) is -0.482. The van der Waals surface area contributed by atoms with E-state index in [-0.39, 0.29) is 12.0 Å². The van der Waals surface area contributed by atoms with Crippen LogP contribution in [0.3, 0.4) is 0 Å². The standard InChI is InChI=1S/C13H18N4O2S/c1-20-6-9-4-17(5-10(9)18)3-8-2-14-12-11(8)15-7-16-13(12)19/h2,7,9-10,12,18H,3-6H2,1H3,(H,15,16,19). The fourth-order valence-electron chi connectivity index (χ4n) is 2.88. The van der Waals surface area contributed by atoms with Crippen molar-refractivity contribution in [1.82, 2.24) is 10.2 Å². The molecule has 3 aliphatic heterocycles. The summed E-state index contributed by atoms with van der Waals surface area (Å²) in [6.07, 6.45) is 4.97. The molecule has 0 aliphatic carbocycles. The summed E-state index contributed by atoms with van der Waals surface area (Å²) in [5.74, 6) is 1.17. The smallest absolute Gasteiger partial charge is 0.256 e. The maximum atomic E-state index is 11.6. The Morgan fingerprint density at radius 2 is 2.40 bits per heavy atom. The van der Waals surface area contributed by atoms with E-state index in [0.717, 1.165) is 23.6 Å². The van der Waals surface area contributed by atoms with Crippen molar-refractivity contribution in [1.29, 1.82) is 0 Å². The molecular formula is C13H18N4O2S. The van der Waals surface area contributed by atoms with Crippen LogP contribution in [0.5, 0.6) is 0 Å². The fourth-order valence-corrected chi connectivity index (χ4v) is 3.63. The number of aliphatic hydroxyl groups excluding tert-OH is 1. The van der Waals surface area contributed by atoms with Crippen LogP contribution in [0.4, 0.5) is 0 Å². The average Bonchev–Trinajstić information content (AvgIpc) is 2.97. The minimum absolute atomic E-state index is 0.122. The van der Waals surface area contributed by atoms with Gasteiger partial charge < -0.3 is 10.4 Å². The Balaban J connectivity index is 1.69. The summed E-state index contributed by atoms with van der Waals surface area (Å²) in [5, 5.41) is 12.6. The van der Waals surface area contributed by atoms with Gasteiger partial charge in [-0.3, -0.25) is 14.7 Å². The van der Waals surface area contributed by atoms with Gasteiger partial charge in [0.1, 0.15) is 0 Å². The molecule has 0 aromatic rings. The molecule has 7 heteroatoms. The van der Waals surface area contributed by atoms with E-state index in [1.54, 1.807) is 18.0 Å². The number of rotatable bonds is 4. The number of β-amino-alcohol motifs (C(OH)–C–C–N with tert-alkyl or cyclic N) is 1. The van der Waals surface area contributed by atoms with E-state index in [1.807, 2.05) is 0 Å². The first-order chi connectivity index (χ1) is 9.69. The third-order valence-corrected chi connectivity index (χ3v) is 4.64. The lowest BCUT2D eigenvalue weighted by Gasteiger charge is -2.17. The highest BCUT2D eigenvalue weighted by Gasteiger charge is 2.34. The number of hydrogen-bond donors (Lipinski definition) is 2. The Hall–Kier alpha value is -1.18. The van der Waals surface area contributed by atoms with E-state index < -0.39 is 6.04 Å². The molecule has 2 N–H and O–H groups in total. The van der Waals surface area contributed by atoms with Gasteiger partial charge in [-0.05, 0) is 12.0 Å². The topological polar surface area (TPSA) is 77.3 Å². The van der Waals surface area contributed by atoms with Gasteiger partial charge in [-0.15, -0.1) is 0 Å². The summed E-state index contributed by atoms with van der Waals surface area (Å²) in [7, 11) is 0. The first kappa shape index (κ1) is 13.8.